The maximum atomic E-state index is 12.6. The second-order valence-corrected chi connectivity index (χ2v) is 8.39. The summed E-state index contributed by atoms with van der Waals surface area (Å²) in [6.07, 6.45) is 1.61. The van der Waals surface area contributed by atoms with Crippen molar-refractivity contribution in [1.29, 1.82) is 0 Å². The van der Waals surface area contributed by atoms with Crippen molar-refractivity contribution in [3.8, 4) is 0 Å². The van der Waals surface area contributed by atoms with E-state index < -0.39 is 10.8 Å². The summed E-state index contributed by atoms with van der Waals surface area (Å²) in [5.74, 6) is 0.369. The monoisotopic (exact) mass is 314 g/mol. The van der Waals surface area contributed by atoms with Crippen LogP contribution in [0.25, 0.3) is 0 Å². The normalized spacial score (nSPS) is 26.2. The molecule has 1 amide bonds. The Morgan fingerprint density at radius 3 is 2.65 bits per heavy atom. The Kier molecular flexibility index (Phi) is 4.99. The van der Waals surface area contributed by atoms with E-state index in [0.29, 0.717) is 6.54 Å². The van der Waals surface area contributed by atoms with Crippen LogP contribution >= 0.6 is 11.3 Å². The highest BCUT2D eigenvalue weighted by Crippen LogP contribution is 2.31. The molecule has 1 aromatic heterocycles. The topological polar surface area (TPSA) is 49.4 Å². The molecule has 112 valence electrons. The van der Waals surface area contributed by atoms with Crippen molar-refractivity contribution in [1.82, 2.24) is 10.2 Å². The maximum absolute atomic E-state index is 12.6. The standard InChI is InChI=1S/C14H22N2O2S2/c1-9(2)12-14(17)16(8-10(3)20(4)18)13(15-12)11-6-5-7-19-11/h5-7,9-10,12-13,15H,8H2,1-4H3. The van der Waals surface area contributed by atoms with Crippen LogP contribution in [0, 0.1) is 5.92 Å². The lowest BCUT2D eigenvalue weighted by Crippen LogP contribution is -2.38. The van der Waals surface area contributed by atoms with E-state index in [9.17, 15) is 9.00 Å². The van der Waals surface area contributed by atoms with E-state index in [2.05, 4.69) is 5.32 Å². The fourth-order valence-electron chi connectivity index (χ4n) is 2.37. The van der Waals surface area contributed by atoms with Crippen LogP contribution in [0.4, 0.5) is 0 Å². The first-order chi connectivity index (χ1) is 9.41. The van der Waals surface area contributed by atoms with Gasteiger partial charge in [-0.05, 0) is 24.3 Å². The van der Waals surface area contributed by atoms with E-state index in [0.717, 1.165) is 4.88 Å². The molecule has 4 atom stereocenters. The van der Waals surface area contributed by atoms with Gasteiger partial charge in [0.2, 0.25) is 5.91 Å². The van der Waals surface area contributed by atoms with Crippen LogP contribution in [0.2, 0.25) is 0 Å². The zero-order chi connectivity index (χ0) is 14.9. The van der Waals surface area contributed by atoms with Crippen LogP contribution in [0.1, 0.15) is 31.8 Å². The van der Waals surface area contributed by atoms with Crippen LogP contribution < -0.4 is 5.32 Å². The minimum Gasteiger partial charge on any atom is -0.320 e. The van der Waals surface area contributed by atoms with E-state index >= 15 is 0 Å². The number of rotatable bonds is 5. The highest BCUT2D eigenvalue weighted by Gasteiger charge is 2.41. The number of carbonyl (C=O) groups excluding carboxylic acids is 1. The van der Waals surface area contributed by atoms with Gasteiger partial charge < -0.3 is 4.90 Å². The molecule has 1 aliphatic rings. The maximum Gasteiger partial charge on any atom is 0.241 e. The van der Waals surface area contributed by atoms with E-state index in [-0.39, 0.29) is 29.3 Å². The molecular formula is C14H22N2O2S2. The predicted octanol–water partition coefficient (Wildman–Crippen LogP) is 1.97. The summed E-state index contributed by atoms with van der Waals surface area (Å²) >= 11 is 1.64. The van der Waals surface area contributed by atoms with Crippen molar-refractivity contribution in [2.24, 2.45) is 5.92 Å². The van der Waals surface area contributed by atoms with Gasteiger partial charge in [0, 0.05) is 33.7 Å². The van der Waals surface area contributed by atoms with E-state index in [1.165, 1.54) is 0 Å². The zero-order valence-corrected chi connectivity index (χ0v) is 14.0. The Balaban J connectivity index is 2.23. The SMILES string of the molecule is CC(C)C1NC(c2cccs2)N(CC(C)S(C)=O)C1=O. The van der Waals surface area contributed by atoms with Crippen LogP contribution in [0.3, 0.4) is 0 Å². The number of hydrogen-bond acceptors (Lipinski definition) is 4. The molecule has 0 saturated carbocycles. The minimum atomic E-state index is -0.923. The third-order valence-electron chi connectivity index (χ3n) is 3.70. The smallest absolute Gasteiger partial charge is 0.241 e. The molecule has 0 bridgehead atoms. The number of carbonyl (C=O) groups is 1. The molecular weight excluding hydrogens is 292 g/mol. The highest BCUT2D eigenvalue weighted by atomic mass is 32.2. The van der Waals surface area contributed by atoms with Gasteiger partial charge in [-0.3, -0.25) is 14.3 Å². The van der Waals surface area contributed by atoms with Gasteiger partial charge in [-0.15, -0.1) is 11.3 Å². The summed E-state index contributed by atoms with van der Waals surface area (Å²) in [7, 11) is -0.923. The van der Waals surface area contributed by atoms with Gasteiger partial charge in [0.15, 0.2) is 0 Å². The first-order valence-corrected chi connectivity index (χ1v) is 9.34. The molecule has 0 radical (unpaired) electrons. The molecule has 2 heterocycles. The van der Waals surface area contributed by atoms with Gasteiger partial charge in [0.25, 0.3) is 0 Å². The van der Waals surface area contributed by atoms with Crippen molar-refractivity contribution in [3.63, 3.8) is 0 Å². The Morgan fingerprint density at radius 2 is 2.15 bits per heavy atom. The lowest BCUT2D eigenvalue weighted by molar-refractivity contribution is -0.130. The highest BCUT2D eigenvalue weighted by molar-refractivity contribution is 7.84. The molecule has 0 aromatic carbocycles. The van der Waals surface area contributed by atoms with E-state index in [1.54, 1.807) is 17.6 Å². The summed E-state index contributed by atoms with van der Waals surface area (Å²) in [6, 6.07) is 3.88. The predicted molar refractivity (Wildman–Crippen MR) is 84.1 cm³/mol. The van der Waals surface area contributed by atoms with Crippen LogP contribution in [0.15, 0.2) is 17.5 Å². The Hall–Kier alpha value is -0.720. The van der Waals surface area contributed by atoms with Crippen LogP contribution in [0.5, 0.6) is 0 Å². The zero-order valence-electron chi connectivity index (χ0n) is 12.3. The number of thiophene rings is 1. The molecule has 6 heteroatoms. The van der Waals surface area contributed by atoms with Crippen molar-refractivity contribution >= 4 is 28.0 Å². The molecule has 2 rings (SSSR count). The molecule has 4 unspecified atom stereocenters. The number of nitrogens with one attached hydrogen (secondary N) is 1. The first-order valence-electron chi connectivity index (χ1n) is 6.84. The second-order valence-electron chi connectivity index (χ2n) is 5.61. The van der Waals surface area contributed by atoms with Gasteiger partial charge in [-0.25, -0.2) is 0 Å². The van der Waals surface area contributed by atoms with Crippen molar-refractivity contribution in [2.45, 2.75) is 38.2 Å². The fraction of sp³-hybridized carbons (Fsp3) is 0.643. The average Bonchev–Trinajstić information content (AvgIpc) is 2.98. The summed E-state index contributed by atoms with van der Waals surface area (Å²) in [4.78, 5) is 15.6. The summed E-state index contributed by atoms with van der Waals surface area (Å²) < 4.78 is 11.6. The Labute approximate surface area is 127 Å². The van der Waals surface area contributed by atoms with Gasteiger partial charge in [0.1, 0.15) is 6.17 Å². The average molecular weight is 314 g/mol. The number of nitrogens with zero attached hydrogens (tertiary/aromatic N) is 1. The molecule has 1 aliphatic heterocycles. The second kappa shape index (κ2) is 6.37. The largest absolute Gasteiger partial charge is 0.320 e. The minimum absolute atomic E-state index is 0.0193. The number of hydrogen-bond donors (Lipinski definition) is 1. The Bertz CT molecular complexity index is 487. The van der Waals surface area contributed by atoms with Gasteiger partial charge in [0.05, 0.1) is 6.04 Å². The van der Waals surface area contributed by atoms with Gasteiger partial charge in [-0.1, -0.05) is 19.9 Å². The molecule has 0 aliphatic carbocycles. The van der Waals surface area contributed by atoms with Gasteiger partial charge >= 0.3 is 0 Å². The van der Waals surface area contributed by atoms with Crippen molar-refractivity contribution < 1.29 is 9.00 Å². The molecule has 20 heavy (non-hydrogen) atoms. The molecule has 1 aromatic rings. The fourth-order valence-corrected chi connectivity index (χ4v) is 3.54. The molecule has 1 saturated heterocycles. The summed E-state index contributed by atoms with van der Waals surface area (Å²) in [5, 5.41) is 5.42. The summed E-state index contributed by atoms with van der Waals surface area (Å²) in [6.45, 7) is 6.55. The molecule has 1 N–H and O–H groups in total. The molecule has 0 spiro atoms. The summed E-state index contributed by atoms with van der Waals surface area (Å²) in [5.41, 5.74) is 0. The third kappa shape index (κ3) is 3.13. The van der Waals surface area contributed by atoms with Gasteiger partial charge in [-0.2, -0.15) is 0 Å². The Morgan fingerprint density at radius 1 is 1.45 bits per heavy atom. The van der Waals surface area contributed by atoms with Crippen LogP contribution in [-0.4, -0.2) is 39.1 Å². The lowest BCUT2D eigenvalue weighted by atomic mass is 10.1. The third-order valence-corrected chi connectivity index (χ3v) is 5.91. The van der Waals surface area contributed by atoms with Crippen molar-refractivity contribution in [2.75, 3.05) is 12.8 Å². The van der Waals surface area contributed by atoms with E-state index in [4.69, 9.17) is 0 Å². The van der Waals surface area contributed by atoms with Crippen molar-refractivity contribution in [3.05, 3.63) is 22.4 Å². The quantitative estimate of drug-likeness (QED) is 0.904. The first kappa shape index (κ1) is 15.7. The molecule has 1 fully saturated rings. The molecule has 4 nitrogen and oxygen atoms in total. The van der Waals surface area contributed by atoms with E-state index in [1.807, 2.05) is 43.2 Å². The number of amides is 1. The van der Waals surface area contributed by atoms with Crippen LogP contribution in [-0.2, 0) is 15.6 Å². The lowest BCUT2D eigenvalue weighted by Gasteiger charge is -2.25.